The molecule has 1 amide bonds. The highest BCUT2D eigenvalue weighted by molar-refractivity contribution is 8.02. The number of carbonyl (C=O) groups excluding carboxylic acids is 1. The fourth-order valence-corrected chi connectivity index (χ4v) is 5.30. The number of thioether (sulfide) groups is 1. The van der Waals surface area contributed by atoms with Gasteiger partial charge in [0.15, 0.2) is 0 Å². The fourth-order valence-electron chi connectivity index (χ4n) is 3.37. The minimum atomic E-state index is -0.460. The van der Waals surface area contributed by atoms with Gasteiger partial charge in [-0.25, -0.2) is 0 Å². The first-order chi connectivity index (χ1) is 14.4. The number of benzene rings is 2. The molecule has 7 nitrogen and oxygen atoms in total. The maximum Gasteiger partial charge on any atom is 0.307 e. The van der Waals surface area contributed by atoms with E-state index in [4.69, 9.17) is 5.73 Å². The SMILES string of the molecule is NC(=O)CC1=CSC(c2ccccc2)N1c1cc(Cc2sc(=O)[nH]c2O)ccc1O. The average Bonchev–Trinajstić information content (AvgIpc) is 3.26. The Kier molecular flexibility index (Phi) is 5.56. The number of primary amides is 1. The van der Waals surface area contributed by atoms with Crippen LogP contribution in [0.3, 0.4) is 0 Å². The number of phenolic OH excluding ortho intramolecular Hbond substituents is 1. The molecule has 1 atom stereocenters. The van der Waals surface area contributed by atoms with Gasteiger partial charge in [0.2, 0.25) is 11.8 Å². The molecule has 0 saturated heterocycles. The number of aromatic amines is 1. The Labute approximate surface area is 180 Å². The van der Waals surface area contributed by atoms with E-state index >= 15 is 0 Å². The number of H-pyrrole nitrogens is 1. The number of amides is 1. The summed E-state index contributed by atoms with van der Waals surface area (Å²) >= 11 is 2.48. The van der Waals surface area contributed by atoms with E-state index < -0.39 is 5.91 Å². The largest absolute Gasteiger partial charge is 0.506 e. The lowest BCUT2D eigenvalue weighted by molar-refractivity contribution is -0.117. The van der Waals surface area contributed by atoms with Gasteiger partial charge >= 0.3 is 4.87 Å². The zero-order valence-corrected chi connectivity index (χ0v) is 17.4. The lowest BCUT2D eigenvalue weighted by Gasteiger charge is -2.30. The van der Waals surface area contributed by atoms with Crippen LogP contribution in [0.5, 0.6) is 11.6 Å². The number of hydrogen-bond donors (Lipinski definition) is 4. The zero-order valence-electron chi connectivity index (χ0n) is 15.7. The first-order valence-electron chi connectivity index (χ1n) is 9.12. The smallest absolute Gasteiger partial charge is 0.307 e. The number of nitrogens with zero attached hydrogens (tertiary/aromatic N) is 1. The molecule has 1 aliphatic heterocycles. The van der Waals surface area contributed by atoms with Gasteiger partial charge in [-0.2, -0.15) is 0 Å². The van der Waals surface area contributed by atoms with Crippen molar-refractivity contribution in [3.63, 3.8) is 0 Å². The summed E-state index contributed by atoms with van der Waals surface area (Å²) in [5.74, 6) is -0.546. The van der Waals surface area contributed by atoms with Crippen LogP contribution in [-0.2, 0) is 11.2 Å². The second-order valence-electron chi connectivity index (χ2n) is 6.81. The van der Waals surface area contributed by atoms with Gasteiger partial charge in [-0.1, -0.05) is 47.7 Å². The summed E-state index contributed by atoms with van der Waals surface area (Å²) in [6.45, 7) is 0. The number of carbonyl (C=O) groups is 1. The van der Waals surface area contributed by atoms with Crippen LogP contribution in [0.2, 0.25) is 0 Å². The lowest BCUT2D eigenvalue weighted by Crippen LogP contribution is -2.25. The summed E-state index contributed by atoms with van der Waals surface area (Å²) in [4.78, 5) is 27.6. The molecule has 0 radical (unpaired) electrons. The van der Waals surface area contributed by atoms with Crippen LogP contribution in [0.4, 0.5) is 5.69 Å². The summed E-state index contributed by atoms with van der Waals surface area (Å²) in [5.41, 5.74) is 8.49. The molecule has 1 aliphatic rings. The normalized spacial score (nSPS) is 15.9. The monoisotopic (exact) mass is 441 g/mol. The molecule has 0 bridgehead atoms. The van der Waals surface area contributed by atoms with Crippen LogP contribution < -0.4 is 15.5 Å². The molecule has 9 heteroatoms. The van der Waals surface area contributed by atoms with Gasteiger partial charge in [-0.15, -0.1) is 11.8 Å². The predicted octanol–water partition coefficient (Wildman–Crippen LogP) is 3.41. The second-order valence-corrected chi connectivity index (χ2v) is 8.83. The van der Waals surface area contributed by atoms with Gasteiger partial charge < -0.3 is 20.8 Å². The summed E-state index contributed by atoms with van der Waals surface area (Å²) in [6, 6.07) is 14.9. The van der Waals surface area contributed by atoms with Crippen molar-refractivity contribution in [3.8, 4) is 11.6 Å². The Bertz CT molecular complexity index is 1170. The van der Waals surface area contributed by atoms with Crippen molar-refractivity contribution < 1.29 is 15.0 Å². The number of rotatable bonds is 6. The van der Waals surface area contributed by atoms with Gasteiger partial charge in [-0.3, -0.25) is 14.6 Å². The predicted molar refractivity (Wildman–Crippen MR) is 119 cm³/mol. The number of nitrogens with two attached hydrogens (primary N) is 1. The van der Waals surface area contributed by atoms with Gasteiger partial charge in [-0.05, 0) is 28.7 Å². The van der Waals surface area contributed by atoms with Crippen molar-refractivity contribution in [1.82, 2.24) is 4.98 Å². The Morgan fingerprint density at radius 3 is 2.60 bits per heavy atom. The van der Waals surface area contributed by atoms with Crippen molar-refractivity contribution in [2.24, 2.45) is 5.73 Å². The number of anilines is 1. The van der Waals surface area contributed by atoms with E-state index in [2.05, 4.69) is 4.98 Å². The first-order valence-corrected chi connectivity index (χ1v) is 10.9. The van der Waals surface area contributed by atoms with Gasteiger partial charge in [0.25, 0.3) is 0 Å². The molecule has 0 saturated carbocycles. The molecule has 30 heavy (non-hydrogen) atoms. The summed E-state index contributed by atoms with van der Waals surface area (Å²) < 4.78 is 0. The minimum Gasteiger partial charge on any atom is -0.506 e. The van der Waals surface area contributed by atoms with Crippen molar-refractivity contribution in [1.29, 1.82) is 0 Å². The molecule has 2 aromatic carbocycles. The third kappa shape index (κ3) is 4.07. The van der Waals surface area contributed by atoms with Crippen molar-refractivity contribution in [3.05, 3.63) is 85.3 Å². The third-order valence-electron chi connectivity index (χ3n) is 4.68. The molecule has 2 heterocycles. The maximum absolute atomic E-state index is 11.6. The molecule has 4 rings (SSSR count). The van der Waals surface area contributed by atoms with E-state index in [9.17, 15) is 19.8 Å². The molecule has 5 N–H and O–H groups in total. The number of nitrogens with one attached hydrogen (secondary N) is 1. The van der Waals surface area contributed by atoms with Crippen LogP contribution in [0, 0.1) is 0 Å². The number of aromatic nitrogens is 1. The second kappa shape index (κ2) is 8.29. The third-order valence-corrected chi connectivity index (χ3v) is 6.70. The average molecular weight is 442 g/mol. The molecule has 154 valence electrons. The molecular formula is C21H19N3O4S2. The van der Waals surface area contributed by atoms with E-state index in [1.54, 1.807) is 18.2 Å². The van der Waals surface area contributed by atoms with Crippen LogP contribution in [0.25, 0.3) is 0 Å². The Morgan fingerprint density at radius 2 is 1.93 bits per heavy atom. The van der Waals surface area contributed by atoms with E-state index in [0.717, 1.165) is 22.5 Å². The van der Waals surface area contributed by atoms with Gasteiger partial charge in [0, 0.05) is 12.1 Å². The zero-order chi connectivity index (χ0) is 21.3. The lowest BCUT2D eigenvalue weighted by atomic mass is 10.1. The van der Waals surface area contributed by atoms with Crippen molar-refractivity contribution >= 4 is 34.7 Å². The summed E-state index contributed by atoms with van der Waals surface area (Å²) in [6.07, 6.45) is 0.370. The number of hydrogen-bond acceptors (Lipinski definition) is 7. The summed E-state index contributed by atoms with van der Waals surface area (Å²) in [5, 5.41) is 22.2. The number of aromatic hydroxyl groups is 2. The minimum absolute atomic E-state index is 0.0419. The first kappa shape index (κ1) is 20.1. The number of thiazole rings is 1. The van der Waals surface area contributed by atoms with Crippen molar-refractivity contribution in [2.45, 2.75) is 18.2 Å². The fraction of sp³-hybridized carbons (Fsp3) is 0.143. The highest BCUT2D eigenvalue weighted by Gasteiger charge is 2.32. The molecule has 0 fully saturated rings. The standard InChI is InChI=1S/C21H19N3O4S2/c22-18(26)10-14-11-29-20(13-4-2-1-3-5-13)24(14)15-8-12(6-7-16(15)25)9-17-19(27)23-21(28)30-17/h1-8,11,20,25,27H,9-10H2,(H2,22,26)(H,23,28). The Hall–Kier alpha value is -3.17. The quantitative estimate of drug-likeness (QED) is 0.465. The van der Waals surface area contributed by atoms with E-state index in [0.29, 0.717) is 22.7 Å². The van der Waals surface area contributed by atoms with Crippen LogP contribution >= 0.6 is 23.1 Å². The maximum atomic E-state index is 11.6. The topological polar surface area (TPSA) is 120 Å². The molecule has 1 aromatic heterocycles. The van der Waals surface area contributed by atoms with E-state index in [1.165, 1.54) is 11.8 Å². The molecular weight excluding hydrogens is 422 g/mol. The number of phenols is 1. The van der Waals surface area contributed by atoms with E-state index in [1.807, 2.05) is 40.6 Å². The van der Waals surface area contributed by atoms with Crippen LogP contribution in [0.15, 0.2) is 64.4 Å². The molecule has 1 unspecified atom stereocenters. The molecule has 0 spiro atoms. The Balaban J connectivity index is 1.74. The summed E-state index contributed by atoms with van der Waals surface area (Å²) in [7, 11) is 0. The van der Waals surface area contributed by atoms with Gasteiger partial charge in [0.1, 0.15) is 11.1 Å². The highest BCUT2D eigenvalue weighted by atomic mass is 32.2. The molecule has 3 aromatic rings. The Morgan fingerprint density at radius 1 is 1.17 bits per heavy atom. The molecule has 0 aliphatic carbocycles. The van der Waals surface area contributed by atoms with Crippen LogP contribution in [0.1, 0.15) is 27.8 Å². The van der Waals surface area contributed by atoms with E-state index in [-0.39, 0.29) is 28.3 Å². The highest BCUT2D eigenvalue weighted by Crippen LogP contribution is 2.49. The van der Waals surface area contributed by atoms with Crippen molar-refractivity contribution in [2.75, 3.05) is 4.90 Å². The van der Waals surface area contributed by atoms with Crippen LogP contribution in [-0.4, -0.2) is 21.1 Å². The van der Waals surface area contributed by atoms with Gasteiger partial charge in [0.05, 0.1) is 17.0 Å².